The summed E-state index contributed by atoms with van der Waals surface area (Å²) < 4.78 is 35.7. The third-order valence-corrected chi connectivity index (χ3v) is 5.03. The molecule has 0 radical (unpaired) electrons. The van der Waals surface area contributed by atoms with Crippen LogP contribution < -0.4 is 11.1 Å². The molecule has 1 aliphatic heterocycles. The van der Waals surface area contributed by atoms with Gasteiger partial charge in [-0.1, -0.05) is 0 Å². The van der Waals surface area contributed by atoms with Crippen molar-refractivity contribution >= 4 is 21.4 Å². The first-order valence-electron chi connectivity index (χ1n) is 5.87. The molecule has 2 rings (SSSR count). The van der Waals surface area contributed by atoms with Crippen LogP contribution in [0.3, 0.4) is 0 Å². The average molecular weight is 286 g/mol. The molecular formula is C12H15FN2O3S. The summed E-state index contributed by atoms with van der Waals surface area (Å²) in [6.07, 6.45) is 0.254. The number of hydrogen-bond donors (Lipinski definition) is 2. The molecule has 1 heterocycles. The Hall–Kier alpha value is -1.63. The van der Waals surface area contributed by atoms with E-state index in [0.717, 1.165) is 0 Å². The Labute approximate surface area is 110 Å². The molecule has 0 saturated carbocycles. The fraction of sp³-hybridized carbons (Fsp3) is 0.417. The van der Waals surface area contributed by atoms with Crippen LogP contribution in [0.4, 0.5) is 10.1 Å². The molecule has 104 valence electrons. The van der Waals surface area contributed by atoms with Crippen LogP contribution in [-0.2, 0) is 14.6 Å². The lowest BCUT2D eigenvalue weighted by Gasteiger charge is -2.35. The number of nitrogens with two attached hydrogens (primary N) is 1. The summed E-state index contributed by atoms with van der Waals surface area (Å²) in [5.41, 5.74) is 4.86. The molecule has 0 atom stereocenters. The standard InChI is InChI=1S/C12H15FN2O3S/c13-9-1-3-10(4-2-9)15-12(11(14)16)5-7-19(17,18)8-6-12/h1-4,15H,5-8H2,(H2,14,16). The number of hydrogen-bond acceptors (Lipinski definition) is 4. The van der Waals surface area contributed by atoms with Gasteiger partial charge < -0.3 is 11.1 Å². The van der Waals surface area contributed by atoms with Gasteiger partial charge >= 0.3 is 0 Å². The van der Waals surface area contributed by atoms with E-state index in [-0.39, 0.29) is 30.2 Å². The van der Waals surface area contributed by atoms with Gasteiger partial charge in [0.05, 0.1) is 11.5 Å². The van der Waals surface area contributed by atoms with Gasteiger partial charge in [0.25, 0.3) is 0 Å². The highest BCUT2D eigenvalue weighted by Crippen LogP contribution is 2.28. The molecule has 7 heteroatoms. The van der Waals surface area contributed by atoms with Gasteiger partial charge in [-0.2, -0.15) is 0 Å². The predicted molar refractivity (Wildman–Crippen MR) is 69.8 cm³/mol. The quantitative estimate of drug-likeness (QED) is 0.854. The Morgan fingerprint density at radius 2 is 1.74 bits per heavy atom. The summed E-state index contributed by atoms with van der Waals surface area (Å²) in [7, 11) is -3.09. The SMILES string of the molecule is NC(=O)C1(Nc2ccc(F)cc2)CCS(=O)(=O)CC1. The van der Waals surface area contributed by atoms with Crippen LogP contribution in [0, 0.1) is 5.82 Å². The molecule has 1 fully saturated rings. The maximum Gasteiger partial charge on any atom is 0.243 e. The summed E-state index contributed by atoms with van der Waals surface area (Å²) >= 11 is 0. The van der Waals surface area contributed by atoms with Crippen LogP contribution in [-0.4, -0.2) is 31.4 Å². The van der Waals surface area contributed by atoms with Crippen molar-refractivity contribution in [3.63, 3.8) is 0 Å². The number of benzene rings is 1. The van der Waals surface area contributed by atoms with Gasteiger partial charge in [-0.3, -0.25) is 4.79 Å². The van der Waals surface area contributed by atoms with Gasteiger partial charge in [-0.25, -0.2) is 12.8 Å². The number of nitrogens with one attached hydrogen (secondary N) is 1. The van der Waals surface area contributed by atoms with Gasteiger partial charge in [-0.05, 0) is 37.1 Å². The van der Waals surface area contributed by atoms with Crippen LogP contribution in [0.1, 0.15) is 12.8 Å². The summed E-state index contributed by atoms with van der Waals surface area (Å²) in [4.78, 5) is 11.6. The molecule has 19 heavy (non-hydrogen) atoms. The number of primary amides is 1. The van der Waals surface area contributed by atoms with Gasteiger partial charge in [0.15, 0.2) is 9.84 Å². The molecule has 0 aliphatic carbocycles. The number of carbonyl (C=O) groups is 1. The van der Waals surface area contributed by atoms with Crippen molar-refractivity contribution in [3.8, 4) is 0 Å². The van der Waals surface area contributed by atoms with E-state index in [1.165, 1.54) is 24.3 Å². The Morgan fingerprint density at radius 1 is 1.21 bits per heavy atom. The second-order valence-corrected chi connectivity index (χ2v) is 7.03. The Bertz CT molecular complexity index is 569. The lowest BCUT2D eigenvalue weighted by atomic mass is 9.91. The van der Waals surface area contributed by atoms with E-state index in [2.05, 4.69) is 5.32 Å². The molecule has 1 amide bonds. The molecule has 3 N–H and O–H groups in total. The topological polar surface area (TPSA) is 89.3 Å². The lowest BCUT2D eigenvalue weighted by Crippen LogP contribution is -2.55. The third kappa shape index (κ3) is 3.04. The van der Waals surface area contributed by atoms with Crippen LogP contribution in [0.2, 0.25) is 0 Å². The summed E-state index contributed by atoms with van der Waals surface area (Å²) in [5, 5.41) is 2.95. The maximum absolute atomic E-state index is 12.8. The molecule has 1 aromatic carbocycles. The van der Waals surface area contributed by atoms with E-state index in [0.29, 0.717) is 5.69 Å². The number of rotatable bonds is 3. The molecule has 0 aromatic heterocycles. The molecule has 1 saturated heterocycles. The van der Waals surface area contributed by atoms with E-state index >= 15 is 0 Å². The first-order valence-corrected chi connectivity index (χ1v) is 7.69. The molecule has 5 nitrogen and oxygen atoms in total. The zero-order valence-electron chi connectivity index (χ0n) is 10.2. The number of carbonyl (C=O) groups excluding carboxylic acids is 1. The fourth-order valence-electron chi connectivity index (χ4n) is 2.13. The average Bonchev–Trinajstić information content (AvgIpc) is 2.35. The molecule has 0 bridgehead atoms. The monoisotopic (exact) mass is 286 g/mol. The molecular weight excluding hydrogens is 271 g/mol. The minimum absolute atomic E-state index is 0.0792. The highest BCUT2D eigenvalue weighted by molar-refractivity contribution is 7.91. The lowest BCUT2D eigenvalue weighted by molar-refractivity contribution is -0.122. The smallest absolute Gasteiger partial charge is 0.243 e. The van der Waals surface area contributed by atoms with E-state index in [9.17, 15) is 17.6 Å². The number of amides is 1. The van der Waals surface area contributed by atoms with Crippen molar-refractivity contribution in [1.82, 2.24) is 0 Å². The first-order chi connectivity index (χ1) is 8.83. The zero-order valence-corrected chi connectivity index (χ0v) is 11.0. The largest absolute Gasteiger partial charge is 0.371 e. The molecule has 1 aromatic rings. The van der Waals surface area contributed by atoms with E-state index in [1.807, 2.05) is 0 Å². The van der Waals surface area contributed by atoms with Crippen LogP contribution in [0.15, 0.2) is 24.3 Å². The van der Waals surface area contributed by atoms with Crippen LogP contribution in [0.25, 0.3) is 0 Å². The second-order valence-electron chi connectivity index (χ2n) is 4.73. The fourth-order valence-corrected chi connectivity index (χ4v) is 3.65. The molecule has 0 unspecified atom stereocenters. The zero-order chi connectivity index (χ0) is 14.1. The van der Waals surface area contributed by atoms with Gasteiger partial charge in [0, 0.05) is 5.69 Å². The summed E-state index contributed by atoms with van der Waals surface area (Å²) in [6.45, 7) is 0. The Morgan fingerprint density at radius 3 is 2.21 bits per heavy atom. The maximum atomic E-state index is 12.8. The normalized spacial score (nSPS) is 20.7. The van der Waals surface area contributed by atoms with Crippen molar-refractivity contribution in [3.05, 3.63) is 30.1 Å². The summed E-state index contributed by atoms with van der Waals surface area (Å²) in [6, 6.07) is 5.50. The molecule has 1 aliphatic rings. The van der Waals surface area contributed by atoms with Crippen LogP contribution >= 0.6 is 0 Å². The van der Waals surface area contributed by atoms with E-state index in [1.54, 1.807) is 0 Å². The predicted octanol–water partition coefficient (Wildman–Crippen LogP) is 0.670. The van der Waals surface area contributed by atoms with E-state index in [4.69, 9.17) is 5.73 Å². The number of sulfone groups is 1. The Balaban J connectivity index is 2.22. The third-order valence-electron chi connectivity index (χ3n) is 3.38. The minimum atomic E-state index is -3.09. The van der Waals surface area contributed by atoms with Crippen molar-refractivity contribution in [2.75, 3.05) is 16.8 Å². The van der Waals surface area contributed by atoms with Crippen molar-refractivity contribution in [1.29, 1.82) is 0 Å². The highest BCUT2D eigenvalue weighted by atomic mass is 32.2. The molecule has 0 spiro atoms. The second kappa shape index (κ2) is 4.80. The van der Waals surface area contributed by atoms with Crippen molar-refractivity contribution in [2.45, 2.75) is 18.4 Å². The van der Waals surface area contributed by atoms with E-state index < -0.39 is 21.3 Å². The van der Waals surface area contributed by atoms with Gasteiger partial charge in [0.2, 0.25) is 5.91 Å². The first kappa shape index (κ1) is 13.8. The van der Waals surface area contributed by atoms with Gasteiger partial charge in [0.1, 0.15) is 11.4 Å². The van der Waals surface area contributed by atoms with Crippen molar-refractivity contribution < 1.29 is 17.6 Å². The van der Waals surface area contributed by atoms with Crippen molar-refractivity contribution in [2.24, 2.45) is 5.73 Å². The highest BCUT2D eigenvalue weighted by Gasteiger charge is 2.42. The van der Waals surface area contributed by atoms with Crippen LogP contribution in [0.5, 0.6) is 0 Å². The minimum Gasteiger partial charge on any atom is -0.371 e. The Kier molecular flexibility index (Phi) is 3.49. The number of halogens is 1. The number of anilines is 1. The summed E-state index contributed by atoms with van der Waals surface area (Å²) in [5.74, 6) is -1.13. The van der Waals surface area contributed by atoms with Gasteiger partial charge in [-0.15, -0.1) is 0 Å².